The molecule has 1 heterocycles. The summed E-state index contributed by atoms with van der Waals surface area (Å²) in [6.07, 6.45) is -0.189. The summed E-state index contributed by atoms with van der Waals surface area (Å²) in [5.74, 6) is -1.82. The Hall–Kier alpha value is -2.56. The van der Waals surface area contributed by atoms with Gasteiger partial charge >= 0.3 is 0 Å². The fraction of sp³-hybridized carbons (Fsp3) is 0.100. The van der Waals surface area contributed by atoms with Crippen molar-refractivity contribution in [2.75, 3.05) is 16.4 Å². The summed E-state index contributed by atoms with van der Waals surface area (Å²) in [5.41, 5.74) is 0.739. The number of amides is 2. The highest BCUT2D eigenvalue weighted by atomic mass is 79.9. The molecule has 10 heteroatoms. The lowest BCUT2D eigenvalue weighted by molar-refractivity contribution is -0.115. The van der Waals surface area contributed by atoms with Gasteiger partial charge in [0.1, 0.15) is 10.0 Å². The molecule has 0 atom stereocenters. The van der Waals surface area contributed by atoms with Crippen LogP contribution in [0.15, 0.2) is 68.7 Å². The number of carbonyl (C=O) groups excluding carboxylic acids is 2. The number of rotatable bonds is 7. The van der Waals surface area contributed by atoms with Crippen LogP contribution < -0.4 is 10.6 Å². The van der Waals surface area contributed by atoms with Crippen LogP contribution >= 0.6 is 27.3 Å². The van der Waals surface area contributed by atoms with Crippen LogP contribution in [-0.4, -0.2) is 26.0 Å². The number of benzene rings is 2. The van der Waals surface area contributed by atoms with Gasteiger partial charge in [0.25, 0.3) is 5.91 Å². The topological polar surface area (TPSA) is 92.3 Å². The molecule has 0 saturated heterocycles. The molecular weight excluding hydrogens is 495 g/mol. The predicted molar refractivity (Wildman–Crippen MR) is 118 cm³/mol. The SMILES string of the molecule is O=C(CCS(=O)(=O)c1cccs1)Nc1ccc(C(=O)Nc2ccc(Br)cc2F)cc1. The van der Waals surface area contributed by atoms with Crippen LogP contribution in [0.4, 0.5) is 15.8 Å². The van der Waals surface area contributed by atoms with Crippen LogP contribution in [0, 0.1) is 5.82 Å². The smallest absolute Gasteiger partial charge is 0.255 e. The first kappa shape index (κ1) is 22.1. The standard InChI is InChI=1S/C20H16BrFN2O4S2/c21-14-5-8-17(16(22)12-14)24-20(26)13-3-6-15(7-4-13)23-18(25)9-11-30(27,28)19-2-1-10-29-19/h1-8,10,12H,9,11H2,(H,23,25)(H,24,26). The summed E-state index contributed by atoms with van der Waals surface area (Å²) in [7, 11) is -3.49. The molecule has 2 aromatic carbocycles. The normalized spacial score (nSPS) is 11.1. The van der Waals surface area contributed by atoms with E-state index in [0.29, 0.717) is 10.2 Å². The van der Waals surface area contributed by atoms with E-state index < -0.39 is 27.5 Å². The van der Waals surface area contributed by atoms with Crippen molar-refractivity contribution in [3.63, 3.8) is 0 Å². The van der Waals surface area contributed by atoms with E-state index in [1.54, 1.807) is 17.5 Å². The third kappa shape index (κ3) is 5.74. The molecule has 0 radical (unpaired) electrons. The number of carbonyl (C=O) groups is 2. The minimum atomic E-state index is -3.49. The Morgan fingerprint density at radius 3 is 2.40 bits per heavy atom. The molecule has 2 N–H and O–H groups in total. The fourth-order valence-corrected chi connectivity index (χ4v) is 5.21. The summed E-state index contributed by atoms with van der Waals surface area (Å²) >= 11 is 4.26. The average molecular weight is 511 g/mol. The van der Waals surface area contributed by atoms with Gasteiger partial charge in [0.15, 0.2) is 9.84 Å². The third-order valence-corrected chi connectivity index (χ3v) is 7.71. The first-order chi connectivity index (χ1) is 14.2. The Morgan fingerprint density at radius 2 is 1.77 bits per heavy atom. The van der Waals surface area contributed by atoms with Crippen LogP contribution in [0.2, 0.25) is 0 Å². The Bertz CT molecular complexity index is 1160. The van der Waals surface area contributed by atoms with E-state index in [1.807, 2.05) is 0 Å². The summed E-state index contributed by atoms with van der Waals surface area (Å²) in [6.45, 7) is 0. The number of sulfone groups is 1. The second kappa shape index (κ2) is 9.50. The number of anilines is 2. The van der Waals surface area contributed by atoms with Crippen LogP contribution in [0.5, 0.6) is 0 Å². The van der Waals surface area contributed by atoms with Gasteiger partial charge in [-0.1, -0.05) is 22.0 Å². The van der Waals surface area contributed by atoms with Gasteiger partial charge in [0.05, 0.1) is 11.4 Å². The second-order valence-electron chi connectivity index (χ2n) is 6.20. The molecule has 30 heavy (non-hydrogen) atoms. The quantitative estimate of drug-likeness (QED) is 0.481. The molecule has 0 bridgehead atoms. The highest BCUT2D eigenvalue weighted by molar-refractivity contribution is 9.10. The van der Waals surface area contributed by atoms with Crippen LogP contribution in [0.3, 0.4) is 0 Å². The van der Waals surface area contributed by atoms with Crippen LogP contribution in [-0.2, 0) is 14.6 Å². The zero-order valence-electron chi connectivity index (χ0n) is 15.4. The molecule has 1 aromatic heterocycles. The van der Waals surface area contributed by atoms with Gasteiger partial charge in [0.2, 0.25) is 5.91 Å². The van der Waals surface area contributed by atoms with Crippen molar-refractivity contribution in [1.29, 1.82) is 0 Å². The van der Waals surface area contributed by atoms with E-state index in [1.165, 1.54) is 42.5 Å². The van der Waals surface area contributed by atoms with Gasteiger partial charge in [-0.05, 0) is 53.9 Å². The average Bonchev–Trinajstić information content (AvgIpc) is 3.25. The van der Waals surface area contributed by atoms with Crippen LogP contribution in [0.1, 0.15) is 16.8 Å². The Balaban J connectivity index is 1.56. The van der Waals surface area contributed by atoms with Gasteiger partial charge in [-0.2, -0.15) is 0 Å². The first-order valence-electron chi connectivity index (χ1n) is 8.67. The number of halogens is 2. The fourth-order valence-electron chi connectivity index (χ4n) is 2.48. The first-order valence-corrected chi connectivity index (χ1v) is 12.0. The molecule has 3 aromatic rings. The Kier molecular flexibility index (Phi) is 7.01. The minimum Gasteiger partial charge on any atom is -0.326 e. The lowest BCUT2D eigenvalue weighted by Gasteiger charge is -2.09. The minimum absolute atomic E-state index is 0.0486. The van der Waals surface area contributed by atoms with Crippen molar-refractivity contribution in [2.24, 2.45) is 0 Å². The van der Waals surface area contributed by atoms with Crippen molar-refractivity contribution >= 4 is 60.3 Å². The second-order valence-corrected chi connectivity index (χ2v) is 10.4. The number of hydrogen-bond acceptors (Lipinski definition) is 5. The van der Waals surface area contributed by atoms with Gasteiger partial charge in [-0.15, -0.1) is 11.3 Å². The maximum Gasteiger partial charge on any atom is 0.255 e. The van der Waals surface area contributed by atoms with Crippen LogP contribution in [0.25, 0.3) is 0 Å². The maximum atomic E-state index is 13.8. The number of thiophene rings is 1. The van der Waals surface area contributed by atoms with E-state index in [-0.39, 0.29) is 27.6 Å². The highest BCUT2D eigenvalue weighted by Gasteiger charge is 2.17. The lowest BCUT2D eigenvalue weighted by atomic mass is 10.2. The van der Waals surface area contributed by atoms with E-state index in [4.69, 9.17) is 0 Å². The Labute approximate surface area is 185 Å². The molecule has 0 unspecified atom stereocenters. The van der Waals surface area contributed by atoms with Gasteiger partial charge < -0.3 is 10.6 Å². The summed E-state index contributed by atoms with van der Waals surface area (Å²) in [4.78, 5) is 24.3. The largest absolute Gasteiger partial charge is 0.326 e. The van der Waals surface area contributed by atoms with Crippen molar-refractivity contribution in [2.45, 2.75) is 10.6 Å². The van der Waals surface area contributed by atoms with Gasteiger partial charge in [-0.25, -0.2) is 12.8 Å². The maximum absolute atomic E-state index is 13.8. The van der Waals surface area contributed by atoms with E-state index in [2.05, 4.69) is 26.6 Å². The molecule has 0 saturated carbocycles. The molecule has 0 spiro atoms. The van der Waals surface area contributed by atoms with Crippen molar-refractivity contribution < 1.29 is 22.4 Å². The summed E-state index contributed by atoms with van der Waals surface area (Å²) in [6, 6.07) is 13.4. The third-order valence-electron chi connectivity index (χ3n) is 4.01. The predicted octanol–water partition coefficient (Wildman–Crippen LogP) is 4.70. The van der Waals surface area contributed by atoms with Gasteiger partial charge in [0, 0.05) is 22.1 Å². The zero-order chi connectivity index (χ0) is 21.7. The highest BCUT2D eigenvalue weighted by Crippen LogP contribution is 2.21. The number of hydrogen-bond donors (Lipinski definition) is 2. The summed E-state index contributed by atoms with van der Waals surface area (Å²) in [5, 5.41) is 6.73. The lowest BCUT2D eigenvalue weighted by Crippen LogP contribution is -2.17. The van der Waals surface area contributed by atoms with Crippen molar-refractivity contribution in [3.8, 4) is 0 Å². The van der Waals surface area contributed by atoms with Crippen molar-refractivity contribution in [1.82, 2.24) is 0 Å². The van der Waals surface area contributed by atoms with E-state index >= 15 is 0 Å². The van der Waals surface area contributed by atoms with E-state index in [9.17, 15) is 22.4 Å². The molecule has 0 aliphatic carbocycles. The zero-order valence-corrected chi connectivity index (χ0v) is 18.6. The molecule has 6 nitrogen and oxygen atoms in total. The molecule has 156 valence electrons. The van der Waals surface area contributed by atoms with Crippen molar-refractivity contribution in [3.05, 3.63) is 75.8 Å². The summed E-state index contributed by atoms with van der Waals surface area (Å²) < 4.78 is 38.9. The molecule has 3 rings (SSSR count). The molecule has 0 aliphatic heterocycles. The van der Waals surface area contributed by atoms with Gasteiger partial charge in [-0.3, -0.25) is 9.59 Å². The molecule has 0 fully saturated rings. The monoisotopic (exact) mass is 510 g/mol. The van der Waals surface area contributed by atoms with E-state index in [0.717, 1.165) is 11.3 Å². The molecule has 2 amide bonds. The molecule has 0 aliphatic rings. The number of nitrogens with one attached hydrogen (secondary N) is 2. The Morgan fingerprint density at radius 1 is 1.03 bits per heavy atom. The molecular formula is C20H16BrFN2O4S2.